The molecule has 2 saturated carbocycles. The van der Waals surface area contributed by atoms with Crippen molar-refractivity contribution >= 4 is 5.91 Å². The summed E-state index contributed by atoms with van der Waals surface area (Å²) >= 11 is 0. The summed E-state index contributed by atoms with van der Waals surface area (Å²) in [4.78, 5) is 14.5. The molecule has 0 radical (unpaired) electrons. The second kappa shape index (κ2) is 4.58. The largest absolute Gasteiger partial charge is 0.377 e. The van der Waals surface area contributed by atoms with Crippen LogP contribution < -0.4 is 5.73 Å². The normalized spacial score (nSPS) is 40.9. The zero-order valence-corrected chi connectivity index (χ0v) is 10.3. The van der Waals surface area contributed by atoms with Crippen LogP contribution >= 0.6 is 0 Å². The first-order valence-corrected chi connectivity index (χ1v) is 6.91. The van der Waals surface area contributed by atoms with Crippen molar-refractivity contribution in [1.29, 1.82) is 0 Å². The van der Waals surface area contributed by atoms with Gasteiger partial charge >= 0.3 is 0 Å². The minimum Gasteiger partial charge on any atom is -0.377 e. The summed E-state index contributed by atoms with van der Waals surface area (Å²) in [6.45, 7) is 2.54. The van der Waals surface area contributed by atoms with Crippen LogP contribution in [0.4, 0.5) is 0 Å². The van der Waals surface area contributed by atoms with Crippen LogP contribution in [0.15, 0.2) is 0 Å². The topological polar surface area (TPSA) is 55.6 Å². The van der Waals surface area contributed by atoms with E-state index in [1.807, 2.05) is 4.90 Å². The zero-order valence-electron chi connectivity index (χ0n) is 10.3. The first kappa shape index (κ1) is 11.5. The minimum absolute atomic E-state index is 0.110. The molecule has 0 bridgehead atoms. The first-order chi connectivity index (χ1) is 8.33. The fraction of sp³-hybridized carbons (Fsp3) is 0.923. The molecule has 3 aliphatic rings. The van der Waals surface area contributed by atoms with Crippen molar-refractivity contribution in [2.75, 3.05) is 26.3 Å². The fourth-order valence-corrected chi connectivity index (χ4v) is 3.69. The Balaban J connectivity index is 1.65. The Morgan fingerprint density at radius 3 is 2.65 bits per heavy atom. The number of hydrogen-bond acceptors (Lipinski definition) is 3. The van der Waals surface area contributed by atoms with Crippen LogP contribution in [-0.2, 0) is 9.53 Å². The second-order valence-electron chi connectivity index (χ2n) is 5.63. The van der Waals surface area contributed by atoms with Gasteiger partial charge in [-0.1, -0.05) is 12.8 Å². The monoisotopic (exact) mass is 238 g/mol. The number of ether oxygens (including phenoxy) is 1. The number of hydrogen-bond donors (Lipinski definition) is 1. The van der Waals surface area contributed by atoms with Gasteiger partial charge in [0.15, 0.2) is 0 Å². The zero-order chi connectivity index (χ0) is 11.8. The van der Waals surface area contributed by atoms with E-state index in [0.29, 0.717) is 43.4 Å². The highest BCUT2D eigenvalue weighted by Gasteiger charge is 2.56. The molecule has 4 nitrogen and oxygen atoms in total. The third-order valence-corrected chi connectivity index (χ3v) is 4.72. The van der Waals surface area contributed by atoms with Gasteiger partial charge in [0.2, 0.25) is 5.91 Å². The molecule has 1 aliphatic heterocycles. The van der Waals surface area contributed by atoms with Crippen LogP contribution in [-0.4, -0.2) is 43.2 Å². The van der Waals surface area contributed by atoms with E-state index in [2.05, 4.69) is 0 Å². The molecule has 0 aromatic rings. The summed E-state index contributed by atoms with van der Waals surface area (Å²) in [6.07, 6.45) is 5.15. The molecule has 2 aliphatic carbocycles. The second-order valence-corrected chi connectivity index (χ2v) is 5.63. The molecule has 96 valence electrons. The summed E-state index contributed by atoms with van der Waals surface area (Å²) in [5, 5.41) is 0. The SMILES string of the molecule is NCC1COCCN1C(=O)C1C2CCCCC21. The molecule has 3 fully saturated rings. The molecule has 3 rings (SSSR count). The Bertz CT molecular complexity index is 296. The van der Waals surface area contributed by atoms with Crippen molar-refractivity contribution in [3.63, 3.8) is 0 Å². The molecular formula is C13H22N2O2. The van der Waals surface area contributed by atoms with Gasteiger partial charge in [0, 0.05) is 19.0 Å². The Labute approximate surface area is 102 Å². The molecule has 4 heteroatoms. The van der Waals surface area contributed by atoms with E-state index < -0.39 is 0 Å². The van der Waals surface area contributed by atoms with Crippen molar-refractivity contribution < 1.29 is 9.53 Å². The van der Waals surface area contributed by atoms with E-state index in [1.54, 1.807) is 0 Å². The molecular weight excluding hydrogens is 216 g/mol. The molecule has 1 amide bonds. The summed E-state index contributed by atoms with van der Waals surface area (Å²) in [5.74, 6) is 2.07. The summed E-state index contributed by atoms with van der Waals surface area (Å²) in [6, 6.07) is 0.110. The number of nitrogens with two attached hydrogens (primary N) is 1. The van der Waals surface area contributed by atoms with Gasteiger partial charge in [0.05, 0.1) is 19.3 Å². The lowest BCUT2D eigenvalue weighted by Gasteiger charge is -2.35. The highest BCUT2D eigenvalue weighted by atomic mass is 16.5. The number of morpholine rings is 1. The Morgan fingerprint density at radius 2 is 2.00 bits per heavy atom. The van der Waals surface area contributed by atoms with Crippen molar-refractivity contribution in [3.05, 3.63) is 0 Å². The summed E-state index contributed by atoms with van der Waals surface area (Å²) < 4.78 is 5.40. The minimum atomic E-state index is 0.110. The lowest BCUT2D eigenvalue weighted by molar-refractivity contribution is -0.141. The summed E-state index contributed by atoms with van der Waals surface area (Å²) in [5.41, 5.74) is 5.72. The van der Waals surface area contributed by atoms with Gasteiger partial charge in [-0.2, -0.15) is 0 Å². The number of carbonyl (C=O) groups is 1. The van der Waals surface area contributed by atoms with Gasteiger partial charge in [-0.25, -0.2) is 0 Å². The Morgan fingerprint density at radius 1 is 1.29 bits per heavy atom. The molecule has 1 heterocycles. The van der Waals surface area contributed by atoms with Gasteiger partial charge in [-0.05, 0) is 24.7 Å². The highest BCUT2D eigenvalue weighted by molar-refractivity contribution is 5.82. The van der Waals surface area contributed by atoms with Crippen LogP contribution in [0.5, 0.6) is 0 Å². The number of nitrogens with zero attached hydrogens (tertiary/aromatic N) is 1. The number of rotatable bonds is 2. The van der Waals surface area contributed by atoms with E-state index in [-0.39, 0.29) is 6.04 Å². The number of amides is 1. The maximum Gasteiger partial charge on any atom is 0.226 e. The Hall–Kier alpha value is -0.610. The molecule has 0 spiro atoms. The average molecular weight is 238 g/mol. The van der Waals surface area contributed by atoms with E-state index in [1.165, 1.54) is 25.7 Å². The van der Waals surface area contributed by atoms with Gasteiger partial charge < -0.3 is 15.4 Å². The van der Waals surface area contributed by atoms with Crippen LogP contribution in [0.2, 0.25) is 0 Å². The maximum atomic E-state index is 12.5. The highest BCUT2D eigenvalue weighted by Crippen LogP contribution is 2.56. The predicted molar refractivity (Wildman–Crippen MR) is 64.3 cm³/mol. The van der Waals surface area contributed by atoms with Gasteiger partial charge in [0.25, 0.3) is 0 Å². The van der Waals surface area contributed by atoms with Crippen molar-refractivity contribution in [2.24, 2.45) is 23.5 Å². The van der Waals surface area contributed by atoms with Gasteiger partial charge in [-0.15, -0.1) is 0 Å². The fourth-order valence-electron chi connectivity index (χ4n) is 3.69. The Kier molecular flexibility index (Phi) is 3.09. The smallest absolute Gasteiger partial charge is 0.226 e. The van der Waals surface area contributed by atoms with E-state index in [4.69, 9.17) is 10.5 Å². The van der Waals surface area contributed by atoms with E-state index in [9.17, 15) is 4.79 Å². The molecule has 1 saturated heterocycles. The van der Waals surface area contributed by atoms with Crippen LogP contribution in [0, 0.1) is 17.8 Å². The molecule has 17 heavy (non-hydrogen) atoms. The van der Waals surface area contributed by atoms with E-state index in [0.717, 1.165) is 6.54 Å². The van der Waals surface area contributed by atoms with Gasteiger partial charge in [0.1, 0.15) is 0 Å². The number of carbonyl (C=O) groups excluding carboxylic acids is 1. The average Bonchev–Trinajstić information content (AvgIpc) is 3.12. The maximum absolute atomic E-state index is 12.5. The lowest BCUT2D eigenvalue weighted by atomic mass is 10.0. The molecule has 0 aromatic heterocycles. The van der Waals surface area contributed by atoms with Crippen molar-refractivity contribution in [2.45, 2.75) is 31.7 Å². The standard InChI is InChI=1S/C13H22N2O2/c14-7-9-8-17-6-5-15(9)13(16)12-10-3-1-2-4-11(10)12/h9-12H,1-8,14H2. The first-order valence-electron chi connectivity index (χ1n) is 6.91. The van der Waals surface area contributed by atoms with Crippen LogP contribution in [0.25, 0.3) is 0 Å². The summed E-state index contributed by atoms with van der Waals surface area (Å²) in [7, 11) is 0. The molecule has 0 aromatic carbocycles. The predicted octanol–water partition coefficient (Wildman–Crippen LogP) is 0.609. The number of fused-ring (bicyclic) bond motifs is 1. The lowest BCUT2D eigenvalue weighted by Crippen LogP contribution is -2.52. The van der Waals surface area contributed by atoms with E-state index >= 15 is 0 Å². The molecule has 3 atom stereocenters. The van der Waals surface area contributed by atoms with Crippen LogP contribution in [0.1, 0.15) is 25.7 Å². The third-order valence-electron chi connectivity index (χ3n) is 4.72. The van der Waals surface area contributed by atoms with Crippen molar-refractivity contribution in [3.8, 4) is 0 Å². The van der Waals surface area contributed by atoms with Crippen molar-refractivity contribution in [1.82, 2.24) is 4.90 Å². The van der Waals surface area contributed by atoms with Gasteiger partial charge in [-0.3, -0.25) is 4.79 Å². The molecule has 2 N–H and O–H groups in total. The quantitative estimate of drug-likeness (QED) is 0.767. The van der Waals surface area contributed by atoms with Crippen LogP contribution in [0.3, 0.4) is 0 Å². The third kappa shape index (κ3) is 1.97. The molecule has 3 unspecified atom stereocenters.